The van der Waals surface area contributed by atoms with Crippen LogP contribution in [0.1, 0.15) is 25.7 Å². The van der Waals surface area contributed by atoms with E-state index < -0.39 is 10.0 Å². The molecule has 1 aromatic carbocycles. The quantitative estimate of drug-likeness (QED) is 0.758. The highest BCUT2D eigenvalue weighted by Crippen LogP contribution is 2.29. The highest BCUT2D eigenvalue weighted by Gasteiger charge is 2.34. The minimum atomic E-state index is -3.41. The lowest BCUT2D eigenvalue weighted by atomic mass is 10.1. The molecule has 1 atom stereocenters. The Hall–Kier alpha value is -0.780. The number of benzene rings is 1. The van der Waals surface area contributed by atoms with E-state index in [0.717, 1.165) is 25.7 Å². The van der Waals surface area contributed by atoms with Gasteiger partial charge in [0.15, 0.2) is 0 Å². The molecular formula is C14H20ClNO3S. The van der Waals surface area contributed by atoms with Crippen molar-refractivity contribution < 1.29 is 13.2 Å². The Morgan fingerprint density at radius 1 is 1.35 bits per heavy atom. The van der Waals surface area contributed by atoms with Gasteiger partial charge in [0.2, 0.25) is 10.0 Å². The highest BCUT2D eigenvalue weighted by atomic mass is 35.5. The summed E-state index contributed by atoms with van der Waals surface area (Å²) >= 11 is 5.71. The molecule has 0 aromatic heterocycles. The molecule has 0 amide bonds. The van der Waals surface area contributed by atoms with Crippen LogP contribution in [0.15, 0.2) is 29.2 Å². The van der Waals surface area contributed by atoms with Gasteiger partial charge in [0.25, 0.3) is 0 Å². The first-order valence-electron chi connectivity index (χ1n) is 6.81. The molecule has 0 N–H and O–H groups in total. The van der Waals surface area contributed by atoms with Crippen molar-refractivity contribution in [3.05, 3.63) is 24.3 Å². The first-order valence-corrected chi connectivity index (χ1v) is 8.79. The molecule has 6 heteroatoms. The summed E-state index contributed by atoms with van der Waals surface area (Å²) in [5.74, 6) is 1.23. The van der Waals surface area contributed by atoms with Gasteiger partial charge in [-0.05, 0) is 49.9 Å². The van der Waals surface area contributed by atoms with E-state index in [1.165, 1.54) is 0 Å². The maximum absolute atomic E-state index is 12.7. The van der Waals surface area contributed by atoms with Gasteiger partial charge >= 0.3 is 0 Å². The fourth-order valence-corrected chi connectivity index (χ4v) is 4.49. The van der Waals surface area contributed by atoms with Crippen LogP contribution < -0.4 is 4.74 Å². The van der Waals surface area contributed by atoms with Crippen molar-refractivity contribution in [3.8, 4) is 5.75 Å². The molecular weight excluding hydrogens is 298 g/mol. The zero-order valence-electron chi connectivity index (χ0n) is 11.6. The van der Waals surface area contributed by atoms with Crippen LogP contribution in [0.25, 0.3) is 0 Å². The zero-order chi connectivity index (χ0) is 14.6. The molecule has 0 radical (unpaired) electrons. The fraction of sp³-hybridized carbons (Fsp3) is 0.571. The summed E-state index contributed by atoms with van der Waals surface area (Å²) in [6.45, 7) is 0.599. The van der Waals surface area contributed by atoms with Crippen LogP contribution in [-0.2, 0) is 10.0 Å². The average molecular weight is 318 g/mol. The number of nitrogens with zero attached hydrogens (tertiary/aromatic N) is 1. The van der Waals surface area contributed by atoms with Gasteiger partial charge in [0.1, 0.15) is 5.75 Å². The largest absolute Gasteiger partial charge is 0.497 e. The standard InChI is InChI=1S/C14H20ClNO3S/c1-19-13-6-8-14(9-7-13)20(17,18)16-11-3-5-12(16)4-2-10-15/h6-9,12H,2-5,10-11H2,1H3. The highest BCUT2D eigenvalue weighted by molar-refractivity contribution is 7.89. The minimum Gasteiger partial charge on any atom is -0.497 e. The molecule has 1 heterocycles. The Labute approximate surface area is 125 Å². The average Bonchev–Trinajstić information content (AvgIpc) is 2.94. The van der Waals surface area contributed by atoms with E-state index in [2.05, 4.69) is 0 Å². The summed E-state index contributed by atoms with van der Waals surface area (Å²) in [5, 5.41) is 0. The van der Waals surface area contributed by atoms with Gasteiger partial charge in [0.05, 0.1) is 12.0 Å². The third-order valence-electron chi connectivity index (χ3n) is 3.66. The number of sulfonamides is 1. The molecule has 1 aromatic rings. The van der Waals surface area contributed by atoms with Crippen LogP contribution >= 0.6 is 11.6 Å². The van der Waals surface area contributed by atoms with Crippen LogP contribution in [0.5, 0.6) is 5.75 Å². The van der Waals surface area contributed by atoms with E-state index in [0.29, 0.717) is 23.1 Å². The van der Waals surface area contributed by atoms with Crippen molar-refractivity contribution in [1.29, 1.82) is 0 Å². The molecule has 0 spiro atoms. The van der Waals surface area contributed by atoms with Gasteiger partial charge in [-0.1, -0.05) is 0 Å². The van der Waals surface area contributed by atoms with Gasteiger partial charge in [-0.25, -0.2) is 8.42 Å². The van der Waals surface area contributed by atoms with Crippen LogP contribution in [-0.4, -0.2) is 38.3 Å². The lowest BCUT2D eigenvalue weighted by molar-refractivity contribution is 0.368. The smallest absolute Gasteiger partial charge is 0.243 e. The van der Waals surface area contributed by atoms with Crippen LogP contribution in [0.2, 0.25) is 0 Å². The van der Waals surface area contributed by atoms with E-state index in [1.54, 1.807) is 35.7 Å². The lowest BCUT2D eigenvalue weighted by Crippen LogP contribution is -2.35. The molecule has 1 fully saturated rings. The molecule has 112 valence electrons. The molecule has 0 saturated carbocycles. The van der Waals surface area contributed by atoms with E-state index in [4.69, 9.17) is 16.3 Å². The molecule has 1 aliphatic heterocycles. The summed E-state index contributed by atoms with van der Waals surface area (Å²) < 4.78 is 32.0. The first kappa shape index (κ1) is 15.6. The van der Waals surface area contributed by atoms with Gasteiger partial charge in [-0.3, -0.25) is 0 Å². The summed E-state index contributed by atoms with van der Waals surface area (Å²) in [7, 11) is -1.85. The van der Waals surface area contributed by atoms with Gasteiger partial charge in [0, 0.05) is 18.5 Å². The van der Waals surface area contributed by atoms with E-state index in [9.17, 15) is 8.42 Å². The van der Waals surface area contributed by atoms with Gasteiger partial charge in [-0.2, -0.15) is 4.31 Å². The number of alkyl halides is 1. The maximum atomic E-state index is 12.7. The number of ether oxygens (including phenoxy) is 1. The third kappa shape index (κ3) is 3.27. The lowest BCUT2D eigenvalue weighted by Gasteiger charge is -2.24. The summed E-state index contributed by atoms with van der Waals surface area (Å²) in [6, 6.07) is 6.64. The molecule has 1 saturated heterocycles. The molecule has 1 unspecified atom stereocenters. The SMILES string of the molecule is COc1ccc(S(=O)(=O)N2CCCC2CCCCl)cc1. The second-order valence-electron chi connectivity index (χ2n) is 4.92. The predicted octanol–water partition coefficient (Wildman–Crippen LogP) is 2.87. The molecule has 0 aliphatic carbocycles. The maximum Gasteiger partial charge on any atom is 0.243 e. The summed E-state index contributed by atoms with van der Waals surface area (Å²) in [4.78, 5) is 0.330. The normalized spacial score (nSPS) is 20.2. The topological polar surface area (TPSA) is 46.6 Å². The van der Waals surface area contributed by atoms with Crippen molar-refractivity contribution in [1.82, 2.24) is 4.31 Å². The van der Waals surface area contributed by atoms with Gasteiger partial charge < -0.3 is 4.74 Å². The van der Waals surface area contributed by atoms with Crippen molar-refractivity contribution in [3.63, 3.8) is 0 Å². The van der Waals surface area contributed by atoms with Crippen molar-refractivity contribution in [2.24, 2.45) is 0 Å². The number of rotatable bonds is 6. The Morgan fingerprint density at radius 3 is 2.65 bits per heavy atom. The second-order valence-corrected chi connectivity index (χ2v) is 7.19. The number of methoxy groups -OCH3 is 1. The van der Waals surface area contributed by atoms with Crippen LogP contribution in [0, 0.1) is 0 Å². The monoisotopic (exact) mass is 317 g/mol. The summed E-state index contributed by atoms with van der Waals surface area (Å²) in [5.41, 5.74) is 0. The molecule has 2 rings (SSSR count). The van der Waals surface area contributed by atoms with E-state index in [-0.39, 0.29) is 6.04 Å². The Balaban J connectivity index is 2.19. The minimum absolute atomic E-state index is 0.0841. The van der Waals surface area contributed by atoms with Crippen molar-refractivity contribution in [2.75, 3.05) is 19.5 Å². The number of halogens is 1. The fourth-order valence-electron chi connectivity index (χ4n) is 2.61. The predicted molar refractivity (Wildman–Crippen MR) is 79.9 cm³/mol. The van der Waals surface area contributed by atoms with Crippen LogP contribution in [0.4, 0.5) is 0 Å². The molecule has 4 nitrogen and oxygen atoms in total. The van der Waals surface area contributed by atoms with Crippen LogP contribution in [0.3, 0.4) is 0 Å². The van der Waals surface area contributed by atoms with E-state index in [1.807, 2.05) is 0 Å². The second kappa shape index (κ2) is 6.78. The Morgan fingerprint density at radius 2 is 2.05 bits per heavy atom. The Bertz CT molecular complexity index is 530. The number of hydrogen-bond acceptors (Lipinski definition) is 3. The summed E-state index contributed by atoms with van der Waals surface area (Å²) in [6.07, 6.45) is 3.52. The van der Waals surface area contributed by atoms with Crippen molar-refractivity contribution >= 4 is 21.6 Å². The molecule has 0 bridgehead atoms. The number of hydrogen-bond donors (Lipinski definition) is 0. The first-order chi connectivity index (χ1) is 9.59. The van der Waals surface area contributed by atoms with E-state index >= 15 is 0 Å². The van der Waals surface area contributed by atoms with Crippen molar-refractivity contribution in [2.45, 2.75) is 36.6 Å². The zero-order valence-corrected chi connectivity index (χ0v) is 13.2. The van der Waals surface area contributed by atoms with Gasteiger partial charge in [-0.15, -0.1) is 11.6 Å². The molecule has 1 aliphatic rings. The Kier molecular flexibility index (Phi) is 5.29. The third-order valence-corrected chi connectivity index (χ3v) is 5.89. The molecule has 20 heavy (non-hydrogen) atoms.